The van der Waals surface area contributed by atoms with E-state index in [1.807, 2.05) is 24.3 Å². The Kier molecular flexibility index (Phi) is 1.67. The summed E-state index contributed by atoms with van der Waals surface area (Å²) in [6.07, 6.45) is 0. The number of pyridine rings is 1. The summed E-state index contributed by atoms with van der Waals surface area (Å²) in [4.78, 5) is 26.7. The van der Waals surface area contributed by atoms with Crippen LogP contribution in [0.15, 0.2) is 40.6 Å². The Bertz CT molecular complexity index is 661. The van der Waals surface area contributed by atoms with Crippen molar-refractivity contribution in [1.82, 2.24) is 4.98 Å². The Labute approximate surface area is 89.8 Å². The van der Waals surface area contributed by atoms with Gasteiger partial charge in [-0.3, -0.25) is 9.59 Å². The molecule has 5 heteroatoms. The van der Waals surface area contributed by atoms with E-state index in [2.05, 4.69) is 15.2 Å². The molecule has 3 rings (SSSR count). The van der Waals surface area contributed by atoms with Crippen molar-refractivity contribution in [2.75, 3.05) is 0 Å². The van der Waals surface area contributed by atoms with E-state index in [0.29, 0.717) is 0 Å². The molecule has 0 fully saturated rings. The van der Waals surface area contributed by atoms with Crippen molar-refractivity contribution in [3.63, 3.8) is 0 Å². The van der Waals surface area contributed by atoms with Gasteiger partial charge >= 0.3 is 5.91 Å². The summed E-state index contributed by atoms with van der Waals surface area (Å²) < 4.78 is 0. The summed E-state index contributed by atoms with van der Waals surface area (Å²) in [5, 5.41) is 7.66. The number of hydrogen-bond acceptors (Lipinski definition) is 4. The van der Waals surface area contributed by atoms with Crippen LogP contribution in [0.3, 0.4) is 0 Å². The smallest absolute Gasteiger partial charge is 0.283 e. The normalized spacial score (nSPS) is 14.2. The molecule has 0 saturated carbocycles. The fraction of sp³-hybridized carbons (Fsp3) is 0. The second kappa shape index (κ2) is 3.03. The SMILES string of the molecule is O=C1N=Nc2nc3ccccc3cc2C1=O. The monoisotopic (exact) mass is 211 g/mol. The molecule has 5 nitrogen and oxygen atoms in total. The van der Waals surface area contributed by atoms with Crippen LogP contribution >= 0.6 is 0 Å². The minimum Gasteiger partial charge on any atom is -0.283 e. The van der Waals surface area contributed by atoms with Crippen molar-refractivity contribution in [1.29, 1.82) is 0 Å². The van der Waals surface area contributed by atoms with Gasteiger partial charge in [-0.15, -0.1) is 10.2 Å². The largest absolute Gasteiger partial charge is 0.336 e. The van der Waals surface area contributed by atoms with Gasteiger partial charge < -0.3 is 0 Å². The second-order valence-corrected chi connectivity index (χ2v) is 3.39. The van der Waals surface area contributed by atoms with Gasteiger partial charge in [0, 0.05) is 5.39 Å². The topological polar surface area (TPSA) is 71.8 Å². The van der Waals surface area contributed by atoms with Crippen LogP contribution in [0.2, 0.25) is 0 Å². The highest BCUT2D eigenvalue weighted by molar-refractivity contribution is 6.45. The molecule has 2 aromatic rings. The minimum absolute atomic E-state index is 0.211. The summed E-state index contributed by atoms with van der Waals surface area (Å²) in [6.45, 7) is 0. The average molecular weight is 211 g/mol. The molecule has 0 spiro atoms. The van der Waals surface area contributed by atoms with Crippen LogP contribution in [0.1, 0.15) is 10.4 Å². The first-order valence-corrected chi connectivity index (χ1v) is 4.66. The molecular formula is C11H5N3O2. The van der Waals surface area contributed by atoms with Gasteiger partial charge in [0.25, 0.3) is 5.78 Å². The van der Waals surface area contributed by atoms with Gasteiger partial charge in [-0.25, -0.2) is 4.98 Å². The molecule has 0 aliphatic carbocycles. The molecule has 0 bridgehead atoms. The first-order valence-electron chi connectivity index (χ1n) is 4.66. The van der Waals surface area contributed by atoms with Crippen LogP contribution in [0.25, 0.3) is 10.9 Å². The van der Waals surface area contributed by atoms with Crippen LogP contribution in [0.4, 0.5) is 5.82 Å². The van der Waals surface area contributed by atoms with E-state index < -0.39 is 11.7 Å². The number of ketones is 1. The Morgan fingerprint density at radius 3 is 2.69 bits per heavy atom. The quantitative estimate of drug-likeness (QED) is 0.626. The predicted molar refractivity (Wildman–Crippen MR) is 55.6 cm³/mol. The van der Waals surface area contributed by atoms with Gasteiger partial charge in [-0.1, -0.05) is 18.2 Å². The number of benzene rings is 1. The number of Topliss-reactive ketones (excluding diaryl/α,β-unsaturated/α-hetero) is 1. The van der Waals surface area contributed by atoms with Crippen LogP contribution in [-0.4, -0.2) is 16.7 Å². The third-order valence-electron chi connectivity index (χ3n) is 2.38. The van der Waals surface area contributed by atoms with Crippen molar-refractivity contribution in [2.45, 2.75) is 0 Å². The number of azo groups is 1. The van der Waals surface area contributed by atoms with E-state index in [4.69, 9.17) is 0 Å². The molecular weight excluding hydrogens is 206 g/mol. The summed E-state index contributed by atoms with van der Waals surface area (Å²) in [6, 6.07) is 8.94. The van der Waals surface area contributed by atoms with E-state index in [1.165, 1.54) is 0 Å². The molecule has 0 atom stereocenters. The van der Waals surface area contributed by atoms with Crippen molar-refractivity contribution in [2.24, 2.45) is 10.2 Å². The summed E-state index contributed by atoms with van der Waals surface area (Å²) >= 11 is 0. The number of carbonyl (C=O) groups is 2. The molecule has 1 aliphatic rings. The summed E-state index contributed by atoms with van der Waals surface area (Å²) in [7, 11) is 0. The molecule has 0 radical (unpaired) electrons. The third kappa shape index (κ3) is 1.15. The number of amides is 1. The number of fused-ring (bicyclic) bond motifs is 2. The zero-order valence-corrected chi connectivity index (χ0v) is 8.04. The van der Waals surface area contributed by atoms with Crippen LogP contribution in [-0.2, 0) is 4.79 Å². The fourth-order valence-corrected chi connectivity index (χ4v) is 1.60. The Morgan fingerprint density at radius 2 is 1.81 bits per heavy atom. The lowest BCUT2D eigenvalue weighted by molar-refractivity contribution is -0.114. The predicted octanol–water partition coefficient (Wildman–Crippen LogP) is 2.04. The van der Waals surface area contributed by atoms with E-state index in [1.54, 1.807) is 6.07 Å². The molecule has 2 heterocycles. The van der Waals surface area contributed by atoms with E-state index in [9.17, 15) is 9.59 Å². The fourth-order valence-electron chi connectivity index (χ4n) is 1.60. The van der Waals surface area contributed by atoms with Gasteiger partial charge in [0.15, 0.2) is 5.82 Å². The van der Waals surface area contributed by atoms with Crippen molar-refractivity contribution in [3.8, 4) is 0 Å². The van der Waals surface area contributed by atoms with Crippen molar-refractivity contribution in [3.05, 3.63) is 35.9 Å². The lowest BCUT2D eigenvalue weighted by atomic mass is 10.1. The highest BCUT2D eigenvalue weighted by atomic mass is 16.2. The van der Waals surface area contributed by atoms with E-state index >= 15 is 0 Å². The first kappa shape index (κ1) is 8.84. The molecule has 0 N–H and O–H groups in total. The van der Waals surface area contributed by atoms with E-state index in [0.717, 1.165) is 10.9 Å². The van der Waals surface area contributed by atoms with Gasteiger partial charge in [-0.05, 0) is 12.1 Å². The maximum absolute atomic E-state index is 11.5. The second-order valence-electron chi connectivity index (χ2n) is 3.39. The number of nitrogens with zero attached hydrogens (tertiary/aromatic N) is 3. The van der Waals surface area contributed by atoms with Crippen LogP contribution in [0.5, 0.6) is 0 Å². The number of rotatable bonds is 0. The standard InChI is InChI=1S/C11H5N3O2/c15-9-7-5-6-3-1-2-4-8(6)12-10(7)13-14-11(9)16/h1-5H. The number of aromatic nitrogens is 1. The number of hydrogen-bond donors (Lipinski definition) is 0. The zero-order valence-electron chi connectivity index (χ0n) is 8.04. The molecule has 1 aliphatic heterocycles. The van der Waals surface area contributed by atoms with Crippen molar-refractivity contribution < 1.29 is 9.59 Å². The zero-order chi connectivity index (χ0) is 11.1. The lowest BCUT2D eigenvalue weighted by Crippen LogP contribution is -2.14. The maximum atomic E-state index is 11.5. The molecule has 1 aromatic carbocycles. The molecule has 16 heavy (non-hydrogen) atoms. The van der Waals surface area contributed by atoms with Gasteiger partial charge in [0.05, 0.1) is 11.1 Å². The number of carbonyl (C=O) groups excluding carboxylic acids is 2. The van der Waals surface area contributed by atoms with Gasteiger partial charge in [-0.2, -0.15) is 0 Å². The molecule has 0 unspecified atom stereocenters. The molecule has 1 amide bonds. The molecule has 76 valence electrons. The van der Waals surface area contributed by atoms with E-state index in [-0.39, 0.29) is 11.4 Å². The van der Waals surface area contributed by atoms with Gasteiger partial charge in [0.2, 0.25) is 0 Å². The minimum atomic E-state index is -0.843. The van der Waals surface area contributed by atoms with Gasteiger partial charge in [0.1, 0.15) is 0 Å². The maximum Gasteiger partial charge on any atom is 0.336 e. The average Bonchev–Trinajstić information content (AvgIpc) is 2.32. The molecule has 1 aromatic heterocycles. The Morgan fingerprint density at radius 1 is 1.00 bits per heavy atom. The third-order valence-corrected chi connectivity index (χ3v) is 2.38. The highest BCUT2D eigenvalue weighted by Crippen LogP contribution is 2.26. The highest BCUT2D eigenvalue weighted by Gasteiger charge is 2.25. The summed E-state index contributed by atoms with van der Waals surface area (Å²) in [5.74, 6) is -1.28. The van der Waals surface area contributed by atoms with Crippen molar-refractivity contribution >= 4 is 28.4 Å². The van der Waals surface area contributed by atoms with Crippen LogP contribution < -0.4 is 0 Å². The lowest BCUT2D eigenvalue weighted by Gasteiger charge is -2.06. The Balaban J connectivity index is 2.37. The molecule has 0 saturated heterocycles. The summed E-state index contributed by atoms with van der Waals surface area (Å²) in [5.41, 5.74) is 0.945. The van der Waals surface area contributed by atoms with Crippen LogP contribution in [0, 0.1) is 0 Å². The number of para-hydroxylation sites is 1. The Hall–Kier alpha value is -2.43. The first-order chi connectivity index (χ1) is 7.75.